The number of carbonyl (C=O) groups excluding carboxylic acids is 2. The fourth-order valence-electron chi connectivity index (χ4n) is 2.99. The number of methoxy groups -OCH3 is 1. The largest absolute Gasteiger partial charge is 0.453 e. The number of nitriles is 1. The van der Waals surface area contributed by atoms with Crippen molar-refractivity contribution in [1.82, 2.24) is 14.7 Å². The number of nitrogens with zero attached hydrogens (tertiary/aromatic N) is 4. The Morgan fingerprint density at radius 2 is 1.71 bits per heavy atom. The van der Waals surface area contributed by atoms with Crippen LogP contribution in [0.5, 0.6) is 0 Å². The second-order valence-electron chi connectivity index (χ2n) is 6.12. The van der Waals surface area contributed by atoms with Gasteiger partial charge in [-0.3, -0.25) is 4.79 Å². The number of rotatable bonds is 2. The molecule has 2 aliphatic rings. The summed E-state index contributed by atoms with van der Waals surface area (Å²) in [5, 5.41) is 9.36. The molecule has 2 fully saturated rings. The molecule has 0 spiro atoms. The quantitative estimate of drug-likeness (QED) is 0.536. The van der Waals surface area contributed by atoms with E-state index in [2.05, 4.69) is 0 Å². The van der Waals surface area contributed by atoms with Crippen LogP contribution in [-0.2, 0) is 14.3 Å². The van der Waals surface area contributed by atoms with Gasteiger partial charge < -0.3 is 24.2 Å². The van der Waals surface area contributed by atoms with Crippen LogP contribution in [0.15, 0.2) is 11.8 Å². The monoisotopic (exact) mass is 336 g/mol. The van der Waals surface area contributed by atoms with E-state index in [1.54, 1.807) is 16.0 Å². The summed E-state index contributed by atoms with van der Waals surface area (Å²) in [6.07, 6.45) is 1.16. The van der Waals surface area contributed by atoms with Gasteiger partial charge in [0.2, 0.25) is 0 Å². The van der Waals surface area contributed by atoms with E-state index in [4.69, 9.17) is 9.47 Å². The van der Waals surface area contributed by atoms with E-state index < -0.39 is 0 Å². The van der Waals surface area contributed by atoms with Crippen LogP contribution in [-0.4, -0.2) is 85.3 Å². The maximum atomic E-state index is 12.6. The maximum Gasteiger partial charge on any atom is 0.409 e. The smallest absolute Gasteiger partial charge is 0.409 e. The first kappa shape index (κ1) is 18.1. The Kier molecular flexibility index (Phi) is 6.04. The molecule has 0 aliphatic carbocycles. The SMILES string of the molecule is COC(=O)N1CCN(/C=C(/C#N)C(=O)N2CC(C)OC(C)C2)CC1. The summed E-state index contributed by atoms with van der Waals surface area (Å²) in [6, 6.07) is 2.00. The van der Waals surface area contributed by atoms with Crippen LogP contribution >= 0.6 is 0 Å². The molecule has 132 valence electrons. The highest BCUT2D eigenvalue weighted by Crippen LogP contribution is 2.14. The number of carbonyl (C=O) groups is 2. The van der Waals surface area contributed by atoms with E-state index in [0.29, 0.717) is 39.3 Å². The molecule has 0 aromatic rings. The Balaban J connectivity index is 1.98. The average Bonchev–Trinajstić information content (AvgIpc) is 2.58. The highest BCUT2D eigenvalue weighted by molar-refractivity contribution is 5.97. The lowest BCUT2D eigenvalue weighted by molar-refractivity contribution is -0.138. The Hall–Kier alpha value is -2.27. The number of hydrogen-bond donors (Lipinski definition) is 0. The molecular formula is C16H24N4O4. The topological polar surface area (TPSA) is 86.1 Å². The van der Waals surface area contributed by atoms with Crippen molar-refractivity contribution in [2.75, 3.05) is 46.4 Å². The third-order valence-corrected chi connectivity index (χ3v) is 4.12. The summed E-state index contributed by atoms with van der Waals surface area (Å²) in [4.78, 5) is 29.2. The van der Waals surface area contributed by atoms with Crippen molar-refractivity contribution in [3.63, 3.8) is 0 Å². The van der Waals surface area contributed by atoms with E-state index in [1.165, 1.54) is 7.11 Å². The number of amides is 2. The fourth-order valence-corrected chi connectivity index (χ4v) is 2.99. The van der Waals surface area contributed by atoms with Crippen molar-refractivity contribution < 1.29 is 19.1 Å². The zero-order chi connectivity index (χ0) is 17.7. The molecule has 8 heteroatoms. The molecule has 0 aromatic heterocycles. The van der Waals surface area contributed by atoms with Crippen LogP contribution in [0.1, 0.15) is 13.8 Å². The van der Waals surface area contributed by atoms with Crippen LogP contribution in [0.3, 0.4) is 0 Å². The highest BCUT2D eigenvalue weighted by Gasteiger charge is 2.28. The van der Waals surface area contributed by atoms with Gasteiger partial charge in [-0.25, -0.2) is 4.79 Å². The molecule has 2 atom stereocenters. The Morgan fingerprint density at radius 1 is 1.12 bits per heavy atom. The number of morpholine rings is 1. The molecule has 2 amide bonds. The van der Waals surface area contributed by atoms with E-state index in [9.17, 15) is 14.9 Å². The van der Waals surface area contributed by atoms with Crippen LogP contribution in [0.4, 0.5) is 4.79 Å². The normalized spacial score (nSPS) is 25.2. The Morgan fingerprint density at radius 3 is 2.21 bits per heavy atom. The summed E-state index contributed by atoms with van der Waals surface area (Å²) in [5.41, 5.74) is 0.114. The molecule has 0 aromatic carbocycles. The van der Waals surface area contributed by atoms with E-state index in [0.717, 1.165) is 0 Å². The molecule has 8 nitrogen and oxygen atoms in total. The van der Waals surface area contributed by atoms with Crippen LogP contribution in [0, 0.1) is 11.3 Å². The number of piperazine rings is 1. The zero-order valence-corrected chi connectivity index (χ0v) is 14.4. The molecule has 24 heavy (non-hydrogen) atoms. The van der Waals surface area contributed by atoms with Crippen molar-refractivity contribution in [2.24, 2.45) is 0 Å². The van der Waals surface area contributed by atoms with Gasteiger partial charge in [-0.05, 0) is 13.8 Å². The Labute approximate surface area is 142 Å². The average molecular weight is 336 g/mol. The van der Waals surface area contributed by atoms with Gasteiger partial charge in [0.15, 0.2) is 0 Å². The first-order chi connectivity index (χ1) is 11.4. The van der Waals surface area contributed by atoms with Crippen LogP contribution in [0.2, 0.25) is 0 Å². The fraction of sp³-hybridized carbons (Fsp3) is 0.688. The Bertz CT molecular complexity index is 539. The van der Waals surface area contributed by atoms with Crippen molar-refractivity contribution in [1.29, 1.82) is 5.26 Å². The van der Waals surface area contributed by atoms with E-state index in [-0.39, 0.29) is 29.8 Å². The van der Waals surface area contributed by atoms with Gasteiger partial charge in [-0.2, -0.15) is 5.26 Å². The van der Waals surface area contributed by atoms with Gasteiger partial charge in [0.25, 0.3) is 5.91 Å². The van der Waals surface area contributed by atoms with Crippen LogP contribution < -0.4 is 0 Å². The first-order valence-corrected chi connectivity index (χ1v) is 8.08. The molecular weight excluding hydrogens is 312 g/mol. The number of ether oxygens (including phenoxy) is 2. The summed E-state index contributed by atoms with van der Waals surface area (Å²) in [5.74, 6) is -0.269. The first-order valence-electron chi connectivity index (χ1n) is 8.08. The minimum absolute atomic E-state index is 0.0405. The lowest BCUT2D eigenvalue weighted by Gasteiger charge is -2.36. The third-order valence-electron chi connectivity index (χ3n) is 4.12. The molecule has 2 heterocycles. The van der Waals surface area contributed by atoms with Gasteiger partial charge in [-0.1, -0.05) is 0 Å². The van der Waals surface area contributed by atoms with E-state index in [1.807, 2.05) is 24.8 Å². The molecule has 2 rings (SSSR count). The molecule has 0 N–H and O–H groups in total. The minimum atomic E-state index is -0.355. The molecule has 0 radical (unpaired) electrons. The molecule has 0 saturated carbocycles. The summed E-state index contributed by atoms with van der Waals surface area (Å²) in [7, 11) is 1.35. The van der Waals surface area contributed by atoms with Gasteiger partial charge >= 0.3 is 6.09 Å². The third kappa shape index (κ3) is 4.38. The maximum absolute atomic E-state index is 12.6. The van der Waals surface area contributed by atoms with Gasteiger partial charge in [0.1, 0.15) is 11.6 Å². The summed E-state index contributed by atoms with van der Waals surface area (Å²) >= 11 is 0. The van der Waals surface area contributed by atoms with Crippen molar-refractivity contribution in [3.05, 3.63) is 11.8 Å². The lowest BCUT2D eigenvalue weighted by atomic mass is 10.2. The van der Waals surface area contributed by atoms with Crippen molar-refractivity contribution in [3.8, 4) is 6.07 Å². The van der Waals surface area contributed by atoms with Gasteiger partial charge in [0.05, 0.1) is 19.3 Å². The number of hydrogen-bond acceptors (Lipinski definition) is 6. The molecule has 2 saturated heterocycles. The predicted molar refractivity (Wildman–Crippen MR) is 85.8 cm³/mol. The standard InChI is InChI=1S/C16H24N4O4/c1-12-9-20(10-13(2)24-12)15(21)14(8-17)11-18-4-6-19(7-5-18)16(22)23-3/h11-13H,4-7,9-10H2,1-3H3/b14-11-. The molecule has 0 bridgehead atoms. The molecule has 2 aliphatic heterocycles. The zero-order valence-electron chi connectivity index (χ0n) is 14.4. The second-order valence-corrected chi connectivity index (χ2v) is 6.12. The highest BCUT2D eigenvalue weighted by atomic mass is 16.5. The van der Waals surface area contributed by atoms with Gasteiger partial charge in [-0.15, -0.1) is 0 Å². The van der Waals surface area contributed by atoms with Gasteiger partial charge in [0, 0.05) is 45.5 Å². The lowest BCUT2D eigenvalue weighted by Crippen LogP contribution is -2.49. The summed E-state index contributed by atoms with van der Waals surface area (Å²) < 4.78 is 10.3. The second kappa shape index (κ2) is 8.02. The van der Waals surface area contributed by atoms with Crippen LogP contribution in [0.25, 0.3) is 0 Å². The van der Waals surface area contributed by atoms with E-state index >= 15 is 0 Å². The summed E-state index contributed by atoms with van der Waals surface area (Å²) in [6.45, 7) is 6.92. The predicted octanol–water partition coefficient (Wildman–Crippen LogP) is 0.414. The molecule has 2 unspecified atom stereocenters. The van der Waals surface area contributed by atoms with Crippen molar-refractivity contribution in [2.45, 2.75) is 26.1 Å². The minimum Gasteiger partial charge on any atom is -0.453 e. The van der Waals surface area contributed by atoms with Crippen molar-refractivity contribution >= 4 is 12.0 Å².